The lowest BCUT2D eigenvalue weighted by Crippen LogP contribution is -2.41. The minimum Gasteiger partial charge on any atom is -0.397 e. The summed E-state index contributed by atoms with van der Waals surface area (Å²) < 4.78 is 0. The Morgan fingerprint density at radius 1 is 1.61 bits per heavy atom. The fraction of sp³-hybridized carbons (Fsp3) is 0.538. The quantitative estimate of drug-likeness (QED) is 0.860. The van der Waals surface area contributed by atoms with E-state index in [-0.39, 0.29) is 5.91 Å². The molecule has 1 aliphatic heterocycles. The van der Waals surface area contributed by atoms with Gasteiger partial charge in [-0.3, -0.25) is 9.78 Å². The largest absolute Gasteiger partial charge is 0.397 e. The number of amides is 1. The zero-order chi connectivity index (χ0) is 13.1. The van der Waals surface area contributed by atoms with E-state index < -0.39 is 0 Å². The lowest BCUT2D eigenvalue weighted by Gasteiger charge is -2.27. The predicted molar refractivity (Wildman–Crippen MR) is 71.3 cm³/mol. The SMILES string of the molecule is CN(C)CC1CCCN1C(=O)c1ccncc1N. The summed E-state index contributed by atoms with van der Waals surface area (Å²) in [5, 5.41) is 0. The number of nitrogens with two attached hydrogens (primary N) is 1. The molecule has 1 amide bonds. The normalized spacial score (nSPS) is 19.5. The third-order valence-corrected chi connectivity index (χ3v) is 3.30. The monoisotopic (exact) mass is 248 g/mol. The number of carbonyl (C=O) groups is 1. The highest BCUT2D eigenvalue weighted by atomic mass is 16.2. The van der Waals surface area contributed by atoms with E-state index in [0.29, 0.717) is 17.3 Å². The molecule has 5 nitrogen and oxygen atoms in total. The Kier molecular flexibility index (Phi) is 3.81. The van der Waals surface area contributed by atoms with Crippen LogP contribution in [0.3, 0.4) is 0 Å². The molecular weight excluding hydrogens is 228 g/mol. The van der Waals surface area contributed by atoms with Gasteiger partial charge in [0.1, 0.15) is 0 Å². The van der Waals surface area contributed by atoms with Gasteiger partial charge in [0.05, 0.1) is 17.4 Å². The molecule has 0 aromatic carbocycles. The van der Waals surface area contributed by atoms with Gasteiger partial charge in [0.25, 0.3) is 5.91 Å². The molecule has 1 atom stereocenters. The van der Waals surface area contributed by atoms with Gasteiger partial charge >= 0.3 is 0 Å². The summed E-state index contributed by atoms with van der Waals surface area (Å²) in [4.78, 5) is 20.4. The summed E-state index contributed by atoms with van der Waals surface area (Å²) in [6, 6.07) is 1.99. The molecule has 1 aliphatic rings. The van der Waals surface area contributed by atoms with Crippen molar-refractivity contribution in [2.45, 2.75) is 18.9 Å². The number of hydrogen-bond donors (Lipinski definition) is 1. The highest BCUT2D eigenvalue weighted by molar-refractivity contribution is 5.99. The molecule has 0 spiro atoms. The molecule has 0 radical (unpaired) electrons. The molecule has 0 aliphatic carbocycles. The van der Waals surface area contributed by atoms with Crippen LogP contribution in [0.5, 0.6) is 0 Å². The molecule has 2 rings (SSSR count). The van der Waals surface area contributed by atoms with Crippen LogP contribution in [-0.4, -0.2) is 53.9 Å². The maximum Gasteiger partial charge on any atom is 0.256 e. The molecule has 5 heteroatoms. The van der Waals surface area contributed by atoms with Crippen LogP contribution < -0.4 is 5.73 Å². The Labute approximate surface area is 108 Å². The summed E-state index contributed by atoms with van der Waals surface area (Å²) in [5.41, 5.74) is 6.84. The molecule has 98 valence electrons. The number of hydrogen-bond acceptors (Lipinski definition) is 4. The van der Waals surface area contributed by atoms with E-state index >= 15 is 0 Å². The van der Waals surface area contributed by atoms with Crippen LogP contribution >= 0.6 is 0 Å². The number of rotatable bonds is 3. The Hall–Kier alpha value is -1.62. The van der Waals surface area contributed by atoms with Crippen LogP contribution in [0.1, 0.15) is 23.2 Å². The fourth-order valence-corrected chi connectivity index (χ4v) is 2.47. The lowest BCUT2D eigenvalue weighted by molar-refractivity contribution is 0.0717. The van der Waals surface area contributed by atoms with Crippen LogP contribution in [0.4, 0.5) is 5.69 Å². The number of pyridine rings is 1. The van der Waals surface area contributed by atoms with Gasteiger partial charge in [-0.25, -0.2) is 0 Å². The fourth-order valence-electron chi connectivity index (χ4n) is 2.47. The first-order valence-corrected chi connectivity index (χ1v) is 6.25. The first-order valence-electron chi connectivity index (χ1n) is 6.25. The topological polar surface area (TPSA) is 62.5 Å². The number of nitrogens with zero attached hydrogens (tertiary/aromatic N) is 3. The Bertz CT molecular complexity index is 433. The van der Waals surface area contributed by atoms with E-state index in [1.165, 1.54) is 6.20 Å². The third-order valence-electron chi connectivity index (χ3n) is 3.30. The number of nitrogen functional groups attached to an aromatic ring is 1. The molecule has 2 heterocycles. The van der Waals surface area contributed by atoms with Crippen LogP contribution in [0.2, 0.25) is 0 Å². The second-order valence-electron chi connectivity index (χ2n) is 5.02. The van der Waals surface area contributed by atoms with Crippen LogP contribution in [0.15, 0.2) is 18.5 Å². The van der Waals surface area contributed by atoms with Crippen molar-refractivity contribution in [3.63, 3.8) is 0 Å². The molecular formula is C13H20N4O. The van der Waals surface area contributed by atoms with Gasteiger partial charge in [-0.1, -0.05) is 0 Å². The molecule has 1 saturated heterocycles. The number of likely N-dealkylation sites (tertiary alicyclic amines) is 1. The van der Waals surface area contributed by atoms with Gasteiger partial charge in [0, 0.05) is 25.3 Å². The zero-order valence-electron chi connectivity index (χ0n) is 11.0. The van der Waals surface area contributed by atoms with E-state index in [9.17, 15) is 4.79 Å². The average Bonchev–Trinajstić information content (AvgIpc) is 2.76. The standard InChI is InChI=1S/C13H20N4O/c1-16(2)9-10-4-3-7-17(10)13(18)11-5-6-15-8-12(11)14/h5-6,8,10H,3-4,7,9,14H2,1-2H3. The van der Waals surface area contributed by atoms with E-state index in [0.717, 1.165) is 25.9 Å². The summed E-state index contributed by atoms with van der Waals surface area (Å²) in [6.45, 7) is 1.72. The maximum atomic E-state index is 12.5. The van der Waals surface area contributed by atoms with Crippen molar-refractivity contribution in [1.29, 1.82) is 0 Å². The van der Waals surface area contributed by atoms with Crippen LogP contribution in [0, 0.1) is 0 Å². The number of anilines is 1. The molecule has 0 bridgehead atoms. The van der Waals surface area contributed by atoms with Crippen LogP contribution in [-0.2, 0) is 0 Å². The summed E-state index contributed by atoms with van der Waals surface area (Å²) in [5.74, 6) is 0.0271. The van der Waals surface area contributed by atoms with Gasteiger partial charge < -0.3 is 15.5 Å². The molecule has 1 aromatic heterocycles. The highest BCUT2D eigenvalue weighted by Crippen LogP contribution is 2.22. The Morgan fingerprint density at radius 3 is 3.06 bits per heavy atom. The van der Waals surface area contributed by atoms with E-state index in [2.05, 4.69) is 9.88 Å². The first-order chi connectivity index (χ1) is 8.59. The van der Waals surface area contributed by atoms with Crippen molar-refractivity contribution in [3.8, 4) is 0 Å². The van der Waals surface area contributed by atoms with Crippen LogP contribution in [0.25, 0.3) is 0 Å². The van der Waals surface area contributed by atoms with Crippen molar-refractivity contribution < 1.29 is 4.79 Å². The smallest absolute Gasteiger partial charge is 0.256 e. The molecule has 2 N–H and O–H groups in total. The van der Waals surface area contributed by atoms with Gasteiger partial charge in [0.2, 0.25) is 0 Å². The molecule has 1 unspecified atom stereocenters. The zero-order valence-corrected chi connectivity index (χ0v) is 11.0. The van der Waals surface area contributed by atoms with Gasteiger partial charge in [0.15, 0.2) is 0 Å². The Balaban J connectivity index is 2.15. The number of likely N-dealkylation sites (N-methyl/N-ethyl adjacent to an activating group) is 1. The summed E-state index contributed by atoms with van der Waals surface area (Å²) in [6.07, 6.45) is 5.27. The minimum atomic E-state index is 0.0271. The average molecular weight is 248 g/mol. The summed E-state index contributed by atoms with van der Waals surface area (Å²) >= 11 is 0. The summed E-state index contributed by atoms with van der Waals surface area (Å²) in [7, 11) is 4.06. The molecule has 1 fully saturated rings. The minimum absolute atomic E-state index is 0.0271. The maximum absolute atomic E-state index is 12.5. The number of aromatic nitrogens is 1. The first kappa shape index (κ1) is 12.8. The predicted octanol–water partition coefficient (Wildman–Crippen LogP) is 0.830. The second kappa shape index (κ2) is 5.35. The molecule has 18 heavy (non-hydrogen) atoms. The van der Waals surface area contributed by atoms with E-state index in [1.54, 1.807) is 12.3 Å². The molecule has 1 aromatic rings. The van der Waals surface area contributed by atoms with Crippen molar-refractivity contribution >= 4 is 11.6 Å². The van der Waals surface area contributed by atoms with Crippen molar-refractivity contribution in [1.82, 2.24) is 14.8 Å². The van der Waals surface area contributed by atoms with Crippen molar-refractivity contribution in [2.24, 2.45) is 0 Å². The van der Waals surface area contributed by atoms with Gasteiger partial charge in [-0.2, -0.15) is 0 Å². The van der Waals surface area contributed by atoms with Crippen molar-refractivity contribution in [2.75, 3.05) is 32.9 Å². The highest BCUT2D eigenvalue weighted by Gasteiger charge is 2.30. The van der Waals surface area contributed by atoms with Crippen molar-refractivity contribution in [3.05, 3.63) is 24.0 Å². The number of carbonyl (C=O) groups excluding carboxylic acids is 1. The van der Waals surface area contributed by atoms with Gasteiger partial charge in [-0.05, 0) is 33.0 Å². The van der Waals surface area contributed by atoms with E-state index in [4.69, 9.17) is 5.73 Å². The third kappa shape index (κ3) is 2.61. The van der Waals surface area contributed by atoms with Gasteiger partial charge in [-0.15, -0.1) is 0 Å². The molecule has 0 saturated carbocycles. The second-order valence-corrected chi connectivity index (χ2v) is 5.02. The lowest BCUT2D eigenvalue weighted by atomic mass is 10.1. The Morgan fingerprint density at radius 2 is 2.39 bits per heavy atom. The van der Waals surface area contributed by atoms with E-state index in [1.807, 2.05) is 19.0 Å².